The highest BCUT2D eigenvalue weighted by Crippen LogP contribution is 2.44. The number of carboxylic acids is 1. The van der Waals surface area contributed by atoms with Crippen LogP contribution in [-0.4, -0.2) is 156 Å². The monoisotopic (exact) mass is 993 g/mol. The summed E-state index contributed by atoms with van der Waals surface area (Å²) in [7, 11) is 4.79. The van der Waals surface area contributed by atoms with Gasteiger partial charge in [-0.15, -0.1) is 0 Å². The van der Waals surface area contributed by atoms with Gasteiger partial charge in [0.05, 0.1) is 55.7 Å². The number of benzene rings is 1. The van der Waals surface area contributed by atoms with Gasteiger partial charge in [-0.3, -0.25) is 43.3 Å². The summed E-state index contributed by atoms with van der Waals surface area (Å²) < 4.78 is 17.9. The van der Waals surface area contributed by atoms with Gasteiger partial charge in [-0.25, -0.2) is 0 Å². The molecule has 16 nitrogen and oxygen atoms in total. The number of methoxy groups -OCH3 is 2. The van der Waals surface area contributed by atoms with Crippen LogP contribution in [-0.2, 0) is 59.0 Å². The Morgan fingerprint density at radius 3 is 2.21 bits per heavy atom. The van der Waals surface area contributed by atoms with E-state index < -0.39 is 54.1 Å². The quantitative estimate of drug-likeness (QED) is 0.0660. The summed E-state index contributed by atoms with van der Waals surface area (Å²) in [5, 5.41) is 10.0. The maximum atomic E-state index is 14.8. The Morgan fingerprint density at radius 2 is 1.59 bits per heavy atom. The molecule has 1 N–H and O–H groups in total. The fourth-order valence-electron chi connectivity index (χ4n) is 12.0. The van der Waals surface area contributed by atoms with E-state index in [2.05, 4.69) is 0 Å². The maximum absolute atomic E-state index is 14.8. The highest BCUT2D eigenvalue weighted by molar-refractivity contribution is 6.03. The average Bonchev–Trinajstić information content (AvgIpc) is 4.16. The minimum absolute atomic E-state index is 0.0156. The third-order valence-corrected chi connectivity index (χ3v) is 16.3. The Kier molecular flexibility index (Phi) is 21.8. The number of hydrogen-bond donors (Lipinski definition) is 1. The molecule has 3 aliphatic heterocycles. The maximum Gasteiger partial charge on any atom is 0.307 e. The molecule has 12 atom stereocenters. The summed E-state index contributed by atoms with van der Waals surface area (Å²) in [6, 6.07) is 7.68. The number of Topliss-reactive ketones (excluding diaryl/α,β-unsaturated/α-hetero) is 2. The number of ether oxygens (including phenoxy) is 3. The topological polar surface area (TPSA) is 197 Å². The standard InChI is InChI=1S/C55H84N4O12/c1-10-35(4)50(46(69-8)33-49(64)57-25-17-20-43(57)52(70-9)37(6)44(60)31-40(55(67)68)29-38-18-13-11-14-19-38)56(7)54(66)42(34(2)3)32-45(61)51-39-21-22-41(30-39)59(51)47(62)23-27-71-26-16-12-15-24-58-48(63)28-36(5)53(58)65/h11,13-14,18-19,34-37,39-43,46,50-52H,10,12,15-17,20-33H2,1-9H3,(H,67,68)/t35-,36?,37-,39-,40+,41+,42-,43-,46+,50?,51-,52+/m0/s1. The highest BCUT2D eigenvalue weighted by Gasteiger charge is 2.52. The minimum atomic E-state index is -1.04. The Bertz CT molecular complexity index is 2000. The summed E-state index contributed by atoms with van der Waals surface area (Å²) >= 11 is 0. The summed E-state index contributed by atoms with van der Waals surface area (Å²) in [4.78, 5) is 114. The number of hydrogen-bond acceptors (Lipinski definition) is 11. The lowest BCUT2D eigenvalue weighted by Gasteiger charge is -2.41. The number of carbonyl (C=O) groups excluding carboxylic acids is 7. The van der Waals surface area contributed by atoms with Crippen molar-refractivity contribution in [1.82, 2.24) is 19.6 Å². The van der Waals surface area contributed by atoms with E-state index in [4.69, 9.17) is 14.2 Å². The van der Waals surface area contributed by atoms with Crippen LogP contribution in [0, 0.1) is 41.4 Å². The van der Waals surface area contributed by atoms with Crippen molar-refractivity contribution in [1.29, 1.82) is 0 Å². The van der Waals surface area contributed by atoms with Gasteiger partial charge in [0.2, 0.25) is 29.5 Å². The molecular formula is C55H84N4O12. The molecule has 0 aromatic heterocycles. The minimum Gasteiger partial charge on any atom is -0.481 e. The highest BCUT2D eigenvalue weighted by atomic mass is 16.5. The van der Waals surface area contributed by atoms with E-state index in [0.29, 0.717) is 45.4 Å². The van der Waals surface area contributed by atoms with E-state index in [9.17, 15) is 43.5 Å². The van der Waals surface area contributed by atoms with E-state index in [1.165, 1.54) is 12.0 Å². The first-order valence-electron chi connectivity index (χ1n) is 26.5. The van der Waals surface area contributed by atoms with Crippen LogP contribution >= 0.6 is 0 Å². The molecule has 4 fully saturated rings. The molecule has 71 heavy (non-hydrogen) atoms. The number of imide groups is 1. The molecule has 1 aromatic carbocycles. The SMILES string of the molecule is CC[C@H](C)C([C@@H](CC(=O)N1CCC[C@H]1[C@H](OC)[C@@H](C)C(=O)C[C@@H](Cc1ccccc1)C(=O)O)OC)N(C)C(=O)[C@@H](CC(=O)[C@@H]1[C@H]2CC[C@H](C2)N1C(=O)CCOCCCCCN1C(=O)CC(C)C1=O)C(C)C. The number of nitrogens with zero attached hydrogens (tertiary/aromatic N) is 4. The summed E-state index contributed by atoms with van der Waals surface area (Å²) in [5.41, 5.74) is 0.833. The van der Waals surface area contributed by atoms with Crippen LogP contribution < -0.4 is 0 Å². The molecule has 4 aliphatic rings. The fourth-order valence-corrected chi connectivity index (χ4v) is 12.0. The predicted octanol–water partition coefficient (Wildman–Crippen LogP) is 6.39. The molecule has 2 unspecified atom stereocenters. The number of likely N-dealkylation sites (tertiary alicyclic amines) is 3. The molecule has 5 rings (SSSR count). The number of amides is 5. The van der Waals surface area contributed by atoms with Crippen LogP contribution in [0.15, 0.2) is 30.3 Å². The molecule has 0 radical (unpaired) electrons. The smallest absolute Gasteiger partial charge is 0.307 e. The number of rotatable bonds is 30. The number of aliphatic carboxylic acids is 1. The molecule has 1 aromatic rings. The van der Waals surface area contributed by atoms with Crippen LogP contribution in [0.4, 0.5) is 0 Å². The second kappa shape index (κ2) is 27.0. The van der Waals surface area contributed by atoms with Gasteiger partial charge in [-0.2, -0.15) is 0 Å². The average molecular weight is 993 g/mol. The number of carbonyl (C=O) groups is 8. The number of likely N-dealkylation sites (N-methyl/N-ethyl adjacent to an activating group) is 1. The van der Waals surface area contributed by atoms with Crippen LogP contribution in [0.5, 0.6) is 0 Å². The van der Waals surface area contributed by atoms with Crippen molar-refractivity contribution < 1.29 is 57.7 Å². The van der Waals surface area contributed by atoms with Crippen molar-refractivity contribution in [3.63, 3.8) is 0 Å². The number of unbranched alkanes of at least 4 members (excludes halogenated alkanes) is 2. The lowest BCUT2D eigenvalue weighted by Crippen LogP contribution is -2.54. The Hall–Kier alpha value is -4.54. The molecule has 5 amide bonds. The predicted molar refractivity (Wildman–Crippen MR) is 267 cm³/mol. The largest absolute Gasteiger partial charge is 0.481 e. The third-order valence-electron chi connectivity index (χ3n) is 16.3. The van der Waals surface area contributed by atoms with E-state index in [1.54, 1.807) is 42.7 Å². The molecule has 0 spiro atoms. The van der Waals surface area contributed by atoms with Crippen LogP contribution in [0.25, 0.3) is 0 Å². The molecule has 3 saturated heterocycles. The Morgan fingerprint density at radius 1 is 0.873 bits per heavy atom. The lowest BCUT2D eigenvalue weighted by molar-refractivity contribution is -0.150. The fraction of sp³-hybridized carbons (Fsp3) is 0.745. The first-order chi connectivity index (χ1) is 33.8. The van der Waals surface area contributed by atoms with Gasteiger partial charge in [0.25, 0.3) is 0 Å². The Balaban J connectivity index is 1.18. The van der Waals surface area contributed by atoms with Gasteiger partial charge in [0.15, 0.2) is 5.78 Å². The molecule has 16 heteroatoms. The van der Waals surface area contributed by atoms with E-state index >= 15 is 0 Å². The summed E-state index contributed by atoms with van der Waals surface area (Å²) in [6.45, 7) is 13.0. The van der Waals surface area contributed by atoms with E-state index in [1.807, 2.05) is 58.0 Å². The van der Waals surface area contributed by atoms with Crippen molar-refractivity contribution in [2.24, 2.45) is 41.4 Å². The molecule has 396 valence electrons. The van der Waals surface area contributed by atoms with Gasteiger partial charge >= 0.3 is 5.97 Å². The first-order valence-corrected chi connectivity index (χ1v) is 26.5. The number of carboxylic acid groups (broad SMARTS) is 1. The zero-order valence-electron chi connectivity index (χ0n) is 44.1. The number of fused-ring (bicyclic) bond motifs is 2. The second-order valence-corrected chi connectivity index (χ2v) is 21.4. The van der Waals surface area contributed by atoms with Crippen LogP contribution in [0.1, 0.15) is 137 Å². The number of piperidine rings is 1. The molecule has 3 heterocycles. The molecule has 1 saturated carbocycles. The van der Waals surface area contributed by atoms with Gasteiger partial charge in [0, 0.05) is 84.0 Å². The normalized spacial score (nSPS) is 24.0. The zero-order chi connectivity index (χ0) is 52.1. The van der Waals surface area contributed by atoms with Gasteiger partial charge < -0.3 is 34.0 Å². The Labute approximate surface area is 422 Å². The number of ketones is 2. The van der Waals surface area contributed by atoms with Crippen molar-refractivity contribution >= 4 is 47.1 Å². The van der Waals surface area contributed by atoms with Crippen LogP contribution in [0.2, 0.25) is 0 Å². The zero-order valence-corrected chi connectivity index (χ0v) is 44.1. The van der Waals surface area contributed by atoms with Crippen molar-refractivity contribution in [2.45, 2.75) is 174 Å². The van der Waals surface area contributed by atoms with Gasteiger partial charge in [-0.05, 0) is 81.1 Å². The molecule has 1 aliphatic carbocycles. The van der Waals surface area contributed by atoms with E-state index in [-0.39, 0.29) is 116 Å². The van der Waals surface area contributed by atoms with E-state index in [0.717, 1.165) is 37.7 Å². The van der Waals surface area contributed by atoms with Crippen molar-refractivity contribution in [3.05, 3.63) is 35.9 Å². The first kappa shape index (κ1) is 57.4. The van der Waals surface area contributed by atoms with Crippen LogP contribution in [0.3, 0.4) is 0 Å². The summed E-state index contributed by atoms with van der Waals surface area (Å²) in [5.74, 6) is -4.86. The van der Waals surface area contributed by atoms with Gasteiger partial charge in [-0.1, -0.05) is 78.3 Å². The lowest BCUT2D eigenvalue weighted by atomic mass is 9.83. The molecular weight excluding hydrogens is 909 g/mol. The third kappa shape index (κ3) is 14.4. The summed E-state index contributed by atoms with van der Waals surface area (Å²) in [6.07, 6.45) is 5.77. The van der Waals surface area contributed by atoms with Crippen molar-refractivity contribution in [3.8, 4) is 0 Å². The second-order valence-electron chi connectivity index (χ2n) is 21.4. The van der Waals surface area contributed by atoms with Gasteiger partial charge in [0.1, 0.15) is 5.78 Å². The molecule has 2 bridgehead atoms. The van der Waals surface area contributed by atoms with Crippen molar-refractivity contribution in [2.75, 3.05) is 47.6 Å².